The summed E-state index contributed by atoms with van der Waals surface area (Å²) in [6.45, 7) is 0. The summed E-state index contributed by atoms with van der Waals surface area (Å²) in [7, 11) is 1.45. The van der Waals surface area contributed by atoms with Gasteiger partial charge in [-0.25, -0.2) is 0 Å². The number of rotatable bonds is 4. The summed E-state index contributed by atoms with van der Waals surface area (Å²) in [4.78, 5) is 33.0. The van der Waals surface area contributed by atoms with Gasteiger partial charge in [-0.2, -0.15) is 0 Å². The van der Waals surface area contributed by atoms with Crippen LogP contribution in [0.3, 0.4) is 0 Å². The molecule has 0 aliphatic heterocycles. The number of carboxylic acid groups (broad SMARTS) is 1. The Hall–Kier alpha value is -2.08. The average molecular weight is 271 g/mol. The molecular weight excluding hydrogens is 260 g/mol. The number of halogens is 1. The predicted octanol–water partition coefficient (Wildman–Crippen LogP) is 1.11. The summed E-state index contributed by atoms with van der Waals surface area (Å²) in [6, 6.07) is 4.30. The van der Waals surface area contributed by atoms with Crippen LogP contribution >= 0.6 is 11.6 Å². The minimum absolute atomic E-state index is 0.201. The molecule has 2 amide bonds. The second-order valence-electron chi connectivity index (χ2n) is 3.39. The lowest BCUT2D eigenvalue weighted by atomic mass is 10.2. The highest BCUT2D eigenvalue weighted by Crippen LogP contribution is 2.20. The van der Waals surface area contributed by atoms with Gasteiger partial charge in [0.2, 0.25) is 5.91 Å². The quantitative estimate of drug-likeness (QED) is 0.714. The van der Waals surface area contributed by atoms with Crippen molar-refractivity contribution >= 4 is 35.1 Å². The van der Waals surface area contributed by atoms with Crippen molar-refractivity contribution in [3.05, 3.63) is 28.8 Å². The summed E-state index contributed by atoms with van der Waals surface area (Å²) in [5.41, 5.74) is 0.511. The van der Waals surface area contributed by atoms with Gasteiger partial charge in [-0.15, -0.1) is 0 Å². The maximum Gasteiger partial charge on any atom is 0.312 e. The van der Waals surface area contributed by atoms with Crippen LogP contribution in [0.5, 0.6) is 0 Å². The van der Waals surface area contributed by atoms with E-state index in [1.807, 2.05) is 0 Å². The fourth-order valence-corrected chi connectivity index (χ4v) is 1.46. The van der Waals surface area contributed by atoms with Gasteiger partial charge in [-0.3, -0.25) is 14.4 Å². The highest BCUT2D eigenvalue weighted by atomic mass is 35.5. The van der Waals surface area contributed by atoms with E-state index in [1.54, 1.807) is 0 Å². The Balaban J connectivity index is 2.88. The van der Waals surface area contributed by atoms with Crippen LogP contribution in [0.4, 0.5) is 5.69 Å². The second-order valence-corrected chi connectivity index (χ2v) is 3.80. The van der Waals surface area contributed by atoms with E-state index in [1.165, 1.54) is 25.2 Å². The van der Waals surface area contributed by atoms with Crippen molar-refractivity contribution in [2.24, 2.45) is 0 Å². The first kappa shape index (κ1) is 14.0. The van der Waals surface area contributed by atoms with Crippen LogP contribution in [0.25, 0.3) is 0 Å². The number of anilines is 1. The van der Waals surface area contributed by atoms with E-state index in [4.69, 9.17) is 16.7 Å². The first-order valence-electron chi connectivity index (χ1n) is 4.97. The molecule has 3 N–H and O–H groups in total. The number of benzene rings is 1. The molecule has 96 valence electrons. The van der Waals surface area contributed by atoms with E-state index in [-0.39, 0.29) is 10.6 Å². The molecule has 0 heterocycles. The lowest BCUT2D eigenvalue weighted by Gasteiger charge is -2.07. The van der Waals surface area contributed by atoms with Gasteiger partial charge in [-0.1, -0.05) is 11.6 Å². The minimum Gasteiger partial charge on any atom is -0.481 e. The molecular formula is C11H11ClN2O4. The number of carbonyl (C=O) groups excluding carboxylic acids is 2. The Morgan fingerprint density at radius 2 is 2.00 bits per heavy atom. The molecule has 0 spiro atoms. The Morgan fingerprint density at radius 1 is 1.33 bits per heavy atom. The highest BCUT2D eigenvalue weighted by Gasteiger charge is 2.12. The van der Waals surface area contributed by atoms with E-state index < -0.39 is 24.2 Å². The van der Waals surface area contributed by atoms with Crippen LogP contribution in [0, 0.1) is 0 Å². The SMILES string of the molecule is CNC(=O)c1cc(NC(=O)CC(=O)O)ccc1Cl. The molecule has 0 radical (unpaired) electrons. The van der Waals surface area contributed by atoms with Crippen molar-refractivity contribution in [1.82, 2.24) is 5.32 Å². The van der Waals surface area contributed by atoms with Gasteiger partial charge in [0.05, 0.1) is 10.6 Å². The number of carboxylic acids is 1. The topological polar surface area (TPSA) is 95.5 Å². The Morgan fingerprint density at radius 3 is 2.56 bits per heavy atom. The van der Waals surface area contributed by atoms with Crippen molar-refractivity contribution in [1.29, 1.82) is 0 Å². The second kappa shape index (κ2) is 6.02. The first-order chi connectivity index (χ1) is 8.43. The number of aliphatic carboxylic acids is 1. The maximum atomic E-state index is 11.4. The summed E-state index contributed by atoms with van der Waals surface area (Å²) >= 11 is 5.82. The molecule has 0 bridgehead atoms. The van der Waals surface area contributed by atoms with Crippen molar-refractivity contribution < 1.29 is 19.5 Å². The van der Waals surface area contributed by atoms with Crippen LogP contribution < -0.4 is 10.6 Å². The van der Waals surface area contributed by atoms with E-state index in [2.05, 4.69) is 10.6 Å². The normalized spacial score (nSPS) is 9.67. The molecule has 1 rings (SSSR count). The standard InChI is InChI=1S/C11H11ClN2O4/c1-13-11(18)7-4-6(2-3-8(7)12)14-9(15)5-10(16)17/h2-4H,5H2,1H3,(H,13,18)(H,14,15)(H,16,17). The molecule has 0 aromatic heterocycles. The molecule has 0 aliphatic rings. The molecule has 0 saturated carbocycles. The molecule has 0 fully saturated rings. The van der Waals surface area contributed by atoms with Crippen LogP contribution in [0.1, 0.15) is 16.8 Å². The number of hydrogen-bond donors (Lipinski definition) is 3. The molecule has 6 nitrogen and oxygen atoms in total. The summed E-state index contributed by atoms with van der Waals surface area (Å²) in [5, 5.41) is 13.4. The van der Waals surface area contributed by atoms with Gasteiger partial charge < -0.3 is 15.7 Å². The number of hydrogen-bond acceptors (Lipinski definition) is 3. The maximum absolute atomic E-state index is 11.4. The predicted molar refractivity (Wildman–Crippen MR) is 65.7 cm³/mol. The molecule has 1 aromatic carbocycles. The van der Waals surface area contributed by atoms with Gasteiger partial charge in [0.25, 0.3) is 5.91 Å². The Bertz CT molecular complexity index is 502. The van der Waals surface area contributed by atoms with Crippen LogP contribution in [0.2, 0.25) is 5.02 Å². The smallest absolute Gasteiger partial charge is 0.312 e. The molecule has 1 aromatic rings. The van der Waals surface area contributed by atoms with Gasteiger partial charge in [0.1, 0.15) is 6.42 Å². The van der Waals surface area contributed by atoms with E-state index in [9.17, 15) is 14.4 Å². The van der Waals surface area contributed by atoms with Crippen LogP contribution in [-0.4, -0.2) is 29.9 Å². The zero-order chi connectivity index (χ0) is 13.7. The van der Waals surface area contributed by atoms with Crippen molar-refractivity contribution in [2.75, 3.05) is 12.4 Å². The van der Waals surface area contributed by atoms with Gasteiger partial charge in [-0.05, 0) is 18.2 Å². The zero-order valence-corrected chi connectivity index (χ0v) is 10.2. The molecule has 18 heavy (non-hydrogen) atoms. The number of carbonyl (C=O) groups is 3. The summed E-state index contributed by atoms with van der Waals surface area (Å²) in [6.07, 6.45) is -0.641. The molecule has 0 saturated heterocycles. The van der Waals surface area contributed by atoms with Crippen LogP contribution in [0.15, 0.2) is 18.2 Å². The minimum atomic E-state index is -1.23. The fraction of sp³-hybridized carbons (Fsp3) is 0.182. The highest BCUT2D eigenvalue weighted by molar-refractivity contribution is 6.34. The molecule has 0 aliphatic carbocycles. The van der Waals surface area contributed by atoms with Crippen molar-refractivity contribution in [2.45, 2.75) is 6.42 Å². The largest absolute Gasteiger partial charge is 0.481 e. The molecule has 7 heteroatoms. The lowest BCUT2D eigenvalue weighted by molar-refractivity contribution is -0.139. The third kappa shape index (κ3) is 3.74. The third-order valence-corrected chi connectivity index (χ3v) is 2.36. The van der Waals surface area contributed by atoms with Gasteiger partial charge in [0, 0.05) is 12.7 Å². The van der Waals surface area contributed by atoms with Crippen molar-refractivity contribution in [3.63, 3.8) is 0 Å². The molecule has 0 atom stereocenters. The number of amides is 2. The molecule has 0 unspecified atom stereocenters. The van der Waals surface area contributed by atoms with Crippen LogP contribution in [-0.2, 0) is 9.59 Å². The Labute approximate surface area is 108 Å². The number of nitrogens with one attached hydrogen (secondary N) is 2. The van der Waals surface area contributed by atoms with E-state index in [0.29, 0.717) is 5.69 Å². The van der Waals surface area contributed by atoms with Gasteiger partial charge in [0.15, 0.2) is 0 Å². The fourth-order valence-electron chi connectivity index (χ4n) is 1.25. The monoisotopic (exact) mass is 270 g/mol. The lowest BCUT2D eigenvalue weighted by Crippen LogP contribution is -2.19. The summed E-state index contributed by atoms with van der Waals surface area (Å²) < 4.78 is 0. The van der Waals surface area contributed by atoms with Crippen molar-refractivity contribution in [3.8, 4) is 0 Å². The third-order valence-electron chi connectivity index (χ3n) is 2.03. The summed E-state index contributed by atoms with van der Waals surface area (Å²) in [5.74, 6) is -2.30. The average Bonchev–Trinajstić information content (AvgIpc) is 2.29. The Kier molecular flexibility index (Phi) is 4.67. The zero-order valence-electron chi connectivity index (χ0n) is 9.49. The van der Waals surface area contributed by atoms with Gasteiger partial charge >= 0.3 is 5.97 Å². The van der Waals surface area contributed by atoms with E-state index in [0.717, 1.165) is 0 Å². The first-order valence-corrected chi connectivity index (χ1v) is 5.35. The van der Waals surface area contributed by atoms with E-state index >= 15 is 0 Å².